The summed E-state index contributed by atoms with van der Waals surface area (Å²) in [7, 11) is 0. The van der Waals surface area contributed by atoms with Crippen LogP contribution in [-0.2, 0) is 6.54 Å². The zero-order valence-electron chi connectivity index (χ0n) is 9.30. The minimum Gasteiger partial charge on any atom is -0.331 e. The molecular formula is C12H9ClN4S. The van der Waals surface area contributed by atoms with Crippen LogP contribution in [0.5, 0.6) is 0 Å². The van der Waals surface area contributed by atoms with Crippen LogP contribution in [0, 0.1) is 4.77 Å². The summed E-state index contributed by atoms with van der Waals surface area (Å²) in [5.74, 6) is 0. The number of halogens is 1. The van der Waals surface area contributed by atoms with Gasteiger partial charge in [0.25, 0.3) is 0 Å². The van der Waals surface area contributed by atoms with E-state index in [0.29, 0.717) is 16.3 Å². The van der Waals surface area contributed by atoms with E-state index >= 15 is 0 Å². The standard InChI is InChI=1S/C12H9ClN4S/c13-8-3-4-11-10(6-8)15-12(18)17(11)7-9-2-1-5-14-16-9/h1-6H,7H2,(H,15,18). The molecule has 0 aliphatic rings. The number of nitrogens with zero attached hydrogens (tertiary/aromatic N) is 3. The molecule has 0 saturated heterocycles. The van der Waals surface area contributed by atoms with Gasteiger partial charge in [0.05, 0.1) is 23.3 Å². The molecule has 3 aromatic rings. The van der Waals surface area contributed by atoms with Gasteiger partial charge in [0.2, 0.25) is 0 Å². The topological polar surface area (TPSA) is 46.5 Å². The fourth-order valence-electron chi connectivity index (χ4n) is 1.87. The third-order valence-corrected chi connectivity index (χ3v) is 3.24. The minimum atomic E-state index is 0.592. The van der Waals surface area contributed by atoms with Crippen molar-refractivity contribution in [1.82, 2.24) is 19.7 Å². The SMILES string of the molecule is S=c1[nH]c2cc(Cl)ccc2n1Cc1cccnn1. The third kappa shape index (κ3) is 2.02. The highest BCUT2D eigenvalue weighted by atomic mass is 35.5. The quantitative estimate of drug-likeness (QED) is 0.731. The highest BCUT2D eigenvalue weighted by Gasteiger charge is 2.06. The Balaban J connectivity index is 2.12. The maximum atomic E-state index is 5.95. The van der Waals surface area contributed by atoms with Crippen molar-refractivity contribution in [2.24, 2.45) is 0 Å². The first-order chi connectivity index (χ1) is 8.74. The second-order valence-electron chi connectivity index (χ2n) is 3.89. The summed E-state index contributed by atoms with van der Waals surface area (Å²) in [6, 6.07) is 9.43. The van der Waals surface area contributed by atoms with Crippen LogP contribution in [0.3, 0.4) is 0 Å². The first-order valence-corrected chi connectivity index (χ1v) is 6.17. The molecule has 1 aromatic carbocycles. The molecule has 0 fully saturated rings. The number of fused-ring (bicyclic) bond motifs is 1. The van der Waals surface area contributed by atoms with Crippen LogP contribution in [0.15, 0.2) is 36.5 Å². The molecule has 6 heteroatoms. The van der Waals surface area contributed by atoms with E-state index in [-0.39, 0.29) is 0 Å². The molecule has 0 atom stereocenters. The average molecular weight is 277 g/mol. The van der Waals surface area contributed by atoms with Crippen molar-refractivity contribution in [2.45, 2.75) is 6.54 Å². The van der Waals surface area contributed by atoms with Crippen molar-refractivity contribution in [3.63, 3.8) is 0 Å². The Bertz CT molecular complexity index is 748. The van der Waals surface area contributed by atoms with Gasteiger partial charge >= 0.3 is 0 Å². The number of hydrogen-bond acceptors (Lipinski definition) is 3. The van der Waals surface area contributed by atoms with Crippen LogP contribution in [0.2, 0.25) is 5.02 Å². The lowest BCUT2D eigenvalue weighted by Gasteiger charge is -2.03. The van der Waals surface area contributed by atoms with Crippen LogP contribution in [0.4, 0.5) is 0 Å². The average Bonchev–Trinajstić information content (AvgIpc) is 2.66. The van der Waals surface area contributed by atoms with Gasteiger partial charge in [0, 0.05) is 11.2 Å². The first kappa shape index (κ1) is 11.4. The Morgan fingerprint density at radius 2 is 2.22 bits per heavy atom. The Kier molecular flexibility index (Phi) is 2.85. The molecular weight excluding hydrogens is 268 g/mol. The molecule has 0 aliphatic heterocycles. The Hall–Kier alpha value is -1.72. The fraction of sp³-hybridized carbons (Fsp3) is 0.0833. The van der Waals surface area contributed by atoms with Gasteiger partial charge in [-0.05, 0) is 42.5 Å². The highest BCUT2D eigenvalue weighted by Crippen LogP contribution is 2.19. The summed E-state index contributed by atoms with van der Waals surface area (Å²) >= 11 is 11.3. The van der Waals surface area contributed by atoms with Gasteiger partial charge in [0.1, 0.15) is 0 Å². The van der Waals surface area contributed by atoms with E-state index in [9.17, 15) is 0 Å². The molecule has 1 N–H and O–H groups in total. The summed E-state index contributed by atoms with van der Waals surface area (Å²) in [5.41, 5.74) is 2.80. The number of aromatic amines is 1. The second kappa shape index (κ2) is 4.51. The molecule has 2 aromatic heterocycles. The largest absolute Gasteiger partial charge is 0.331 e. The molecule has 4 nitrogen and oxygen atoms in total. The molecule has 0 bridgehead atoms. The number of benzene rings is 1. The molecule has 0 amide bonds. The molecule has 0 saturated carbocycles. The molecule has 18 heavy (non-hydrogen) atoms. The number of hydrogen-bond donors (Lipinski definition) is 1. The molecule has 2 heterocycles. The van der Waals surface area contributed by atoms with Crippen LogP contribution >= 0.6 is 23.8 Å². The van der Waals surface area contributed by atoms with Gasteiger partial charge < -0.3 is 9.55 Å². The first-order valence-electron chi connectivity index (χ1n) is 5.39. The Labute approximate surface area is 113 Å². The molecule has 90 valence electrons. The smallest absolute Gasteiger partial charge is 0.178 e. The Morgan fingerprint density at radius 3 is 3.00 bits per heavy atom. The lowest BCUT2D eigenvalue weighted by molar-refractivity contribution is 0.762. The summed E-state index contributed by atoms with van der Waals surface area (Å²) in [6.45, 7) is 0.592. The van der Waals surface area contributed by atoms with Gasteiger partial charge in [-0.25, -0.2) is 0 Å². The lowest BCUT2D eigenvalue weighted by atomic mass is 10.3. The van der Waals surface area contributed by atoms with Gasteiger partial charge in [-0.1, -0.05) is 11.6 Å². The summed E-state index contributed by atoms with van der Waals surface area (Å²) in [4.78, 5) is 3.13. The van der Waals surface area contributed by atoms with E-state index in [1.165, 1.54) is 0 Å². The highest BCUT2D eigenvalue weighted by molar-refractivity contribution is 7.71. The van der Waals surface area contributed by atoms with E-state index in [2.05, 4.69) is 15.2 Å². The summed E-state index contributed by atoms with van der Waals surface area (Å²) < 4.78 is 2.63. The van der Waals surface area contributed by atoms with E-state index in [4.69, 9.17) is 23.8 Å². The minimum absolute atomic E-state index is 0.592. The molecule has 0 aliphatic carbocycles. The zero-order chi connectivity index (χ0) is 12.5. The van der Waals surface area contributed by atoms with Crippen molar-refractivity contribution in [3.05, 3.63) is 52.0 Å². The van der Waals surface area contributed by atoms with Gasteiger partial charge in [-0.15, -0.1) is 0 Å². The lowest BCUT2D eigenvalue weighted by Crippen LogP contribution is -2.02. The van der Waals surface area contributed by atoms with E-state index < -0.39 is 0 Å². The predicted molar refractivity (Wildman–Crippen MR) is 73.3 cm³/mol. The van der Waals surface area contributed by atoms with Crippen LogP contribution in [-0.4, -0.2) is 19.7 Å². The second-order valence-corrected chi connectivity index (χ2v) is 4.72. The molecule has 0 unspecified atom stereocenters. The van der Waals surface area contributed by atoms with Crippen molar-refractivity contribution in [3.8, 4) is 0 Å². The number of rotatable bonds is 2. The Morgan fingerprint density at radius 1 is 1.33 bits per heavy atom. The normalized spacial score (nSPS) is 10.9. The van der Waals surface area contributed by atoms with Crippen LogP contribution in [0.25, 0.3) is 11.0 Å². The van der Waals surface area contributed by atoms with Crippen LogP contribution in [0.1, 0.15) is 5.69 Å². The molecule has 0 radical (unpaired) electrons. The molecule has 0 spiro atoms. The number of H-pyrrole nitrogens is 1. The number of nitrogens with one attached hydrogen (secondary N) is 1. The maximum absolute atomic E-state index is 5.95. The van der Waals surface area contributed by atoms with Gasteiger partial charge in [-0.3, -0.25) is 0 Å². The summed E-state index contributed by atoms with van der Waals surface area (Å²) in [5, 5.41) is 8.61. The zero-order valence-corrected chi connectivity index (χ0v) is 10.9. The van der Waals surface area contributed by atoms with Crippen molar-refractivity contribution in [1.29, 1.82) is 0 Å². The number of imidazole rings is 1. The van der Waals surface area contributed by atoms with Crippen molar-refractivity contribution in [2.75, 3.05) is 0 Å². The molecule has 3 rings (SSSR count). The van der Waals surface area contributed by atoms with Gasteiger partial charge in [0.15, 0.2) is 4.77 Å². The van der Waals surface area contributed by atoms with Crippen molar-refractivity contribution >= 4 is 34.9 Å². The maximum Gasteiger partial charge on any atom is 0.178 e. The number of aromatic nitrogens is 4. The van der Waals surface area contributed by atoms with Crippen molar-refractivity contribution < 1.29 is 0 Å². The van der Waals surface area contributed by atoms with E-state index in [1.807, 2.05) is 34.9 Å². The monoisotopic (exact) mass is 276 g/mol. The predicted octanol–water partition coefficient (Wildman–Crippen LogP) is 3.19. The summed E-state index contributed by atoms with van der Waals surface area (Å²) in [6.07, 6.45) is 1.65. The van der Waals surface area contributed by atoms with E-state index in [0.717, 1.165) is 16.7 Å². The van der Waals surface area contributed by atoms with Gasteiger partial charge in [-0.2, -0.15) is 10.2 Å². The van der Waals surface area contributed by atoms with Crippen LogP contribution < -0.4 is 0 Å². The fourth-order valence-corrected chi connectivity index (χ4v) is 2.32. The third-order valence-electron chi connectivity index (χ3n) is 2.68. The van der Waals surface area contributed by atoms with E-state index in [1.54, 1.807) is 6.20 Å².